The average molecular weight is 430 g/mol. The Labute approximate surface area is 178 Å². The van der Waals surface area contributed by atoms with E-state index in [1.807, 2.05) is 13.8 Å². The summed E-state index contributed by atoms with van der Waals surface area (Å²) in [6.07, 6.45) is -1.05. The van der Waals surface area contributed by atoms with Crippen LogP contribution in [0.5, 0.6) is 0 Å². The number of halogens is 3. The van der Waals surface area contributed by atoms with Crippen LogP contribution in [0.2, 0.25) is 0 Å². The van der Waals surface area contributed by atoms with Crippen molar-refractivity contribution >= 4 is 16.9 Å². The maximum atomic E-state index is 13.6. The van der Waals surface area contributed by atoms with Crippen LogP contribution in [0.25, 0.3) is 11.0 Å². The summed E-state index contributed by atoms with van der Waals surface area (Å²) in [6, 6.07) is 6.67. The molecule has 1 aliphatic rings. The molecule has 1 fully saturated rings. The molecule has 0 aliphatic heterocycles. The topological polar surface area (TPSA) is 51.0 Å². The zero-order chi connectivity index (χ0) is 22.5. The predicted molar refractivity (Wildman–Crippen MR) is 112 cm³/mol. The van der Waals surface area contributed by atoms with Gasteiger partial charge in [-0.25, -0.2) is 9.67 Å². The van der Waals surface area contributed by atoms with Crippen LogP contribution in [-0.4, -0.2) is 31.6 Å². The molecule has 1 aliphatic carbocycles. The molecule has 4 rings (SSSR count). The second-order valence-corrected chi connectivity index (χ2v) is 8.46. The summed E-state index contributed by atoms with van der Waals surface area (Å²) in [5, 5.41) is 5.14. The first-order chi connectivity index (χ1) is 14.6. The molecule has 3 aromatic rings. The number of amides is 1. The highest BCUT2D eigenvalue weighted by molar-refractivity contribution is 5.98. The molecule has 0 saturated heterocycles. The summed E-state index contributed by atoms with van der Waals surface area (Å²) in [4.78, 5) is 19.9. The van der Waals surface area contributed by atoms with Gasteiger partial charge in [-0.3, -0.25) is 4.79 Å². The highest BCUT2D eigenvalue weighted by Crippen LogP contribution is 2.38. The third kappa shape index (κ3) is 4.03. The van der Waals surface area contributed by atoms with Crippen molar-refractivity contribution < 1.29 is 18.0 Å². The highest BCUT2D eigenvalue weighted by atomic mass is 19.4. The standard InChI is InChI=1S/C23H25F3N4O/c1-13(2)30-21-17(12-27-30)11-20(14(3)28-21)22(31)29(19-8-9-19)15(4)16-6-5-7-18(10-16)23(24,25)26/h5-7,10-13,15,19H,8-9H2,1-4H3. The first-order valence-electron chi connectivity index (χ1n) is 10.4. The normalized spacial score (nSPS) is 15.5. The Morgan fingerprint density at radius 1 is 1.19 bits per heavy atom. The summed E-state index contributed by atoms with van der Waals surface area (Å²) in [6.45, 7) is 7.58. The number of benzene rings is 1. The Morgan fingerprint density at radius 2 is 1.90 bits per heavy atom. The number of alkyl halides is 3. The molecule has 0 bridgehead atoms. The van der Waals surface area contributed by atoms with Gasteiger partial charge in [-0.1, -0.05) is 12.1 Å². The lowest BCUT2D eigenvalue weighted by Gasteiger charge is -2.30. The number of hydrogen-bond acceptors (Lipinski definition) is 3. The van der Waals surface area contributed by atoms with Crippen LogP contribution in [0.15, 0.2) is 36.5 Å². The molecule has 8 heteroatoms. The average Bonchev–Trinajstić information content (AvgIpc) is 3.45. The van der Waals surface area contributed by atoms with Crippen molar-refractivity contribution in [2.45, 2.75) is 64.8 Å². The molecule has 0 radical (unpaired) electrons. The fraction of sp³-hybridized carbons (Fsp3) is 0.435. The minimum absolute atomic E-state index is 0.0190. The lowest BCUT2D eigenvalue weighted by atomic mass is 10.0. The van der Waals surface area contributed by atoms with Gasteiger partial charge in [0, 0.05) is 17.5 Å². The second kappa shape index (κ2) is 7.66. The maximum absolute atomic E-state index is 13.6. The van der Waals surface area contributed by atoms with Gasteiger partial charge in [0.25, 0.3) is 5.91 Å². The molecule has 0 N–H and O–H groups in total. The fourth-order valence-electron chi connectivity index (χ4n) is 3.95. The number of rotatable bonds is 5. The first kappa shape index (κ1) is 21.3. The van der Waals surface area contributed by atoms with Crippen LogP contribution in [-0.2, 0) is 6.18 Å². The van der Waals surface area contributed by atoms with E-state index in [0.29, 0.717) is 22.5 Å². The van der Waals surface area contributed by atoms with Crippen LogP contribution in [0.3, 0.4) is 0 Å². The minimum atomic E-state index is -4.42. The first-order valence-corrected chi connectivity index (χ1v) is 10.4. The molecule has 1 aromatic carbocycles. The smallest absolute Gasteiger partial charge is 0.329 e. The van der Waals surface area contributed by atoms with E-state index in [9.17, 15) is 18.0 Å². The van der Waals surface area contributed by atoms with Gasteiger partial charge in [-0.2, -0.15) is 18.3 Å². The molecule has 1 amide bonds. The molecule has 164 valence electrons. The lowest BCUT2D eigenvalue weighted by Crippen LogP contribution is -2.36. The molecule has 1 unspecified atom stereocenters. The molecule has 2 heterocycles. The van der Waals surface area contributed by atoms with Gasteiger partial charge >= 0.3 is 6.18 Å². The summed E-state index contributed by atoms with van der Waals surface area (Å²) in [5.74, 6) is -0.211. The van der Waals surface area contributed by atoms with Gasteiger partial charge in [0.1, 0.15) is 0 Å². The summed E-state index contributed by atoms with van der Waals surface area (Å²) in [5.41, 5.74) is 1.52. The van der Waals surface area contributed by atoms with Gasteiger partial charge in [0.05, 0.1) is 29.1 Å². The second-order valence-electron chi connectivity index (χ2n) is 8.46. The molecule has 2 aromatic heterocycles. The number of nitrogens with zero attached hydrogens (tertiary/aromatic N) is 4. The van der Waals surface area contributed by atoms with Gasteiger partial charge in [-0.15, -0.1) is 0 Å². The van der Waals surface area contributed by atoms with Gasteiger partial charge < -0.3 is 4.90 Å². The van der Waals surface area contributed by atoms with Crippen LogP contribution < -0.4 is 0 Å². The van der Waals surface area contributed by atoms with Crippen LogP contribution >= 0.6 is 0 Å². The molecule has 1 saturated carbocycles. The van der Waals surface area contributed by atoms with Gasteiger partial charge in [-0.05, 0) is 64.3 Å². The van der Waals surface area contributed by atoms with E-state index in [4.69, 9.17) is 0 Å². The number of aromatic nitrogens is 3. The number of fused-ring (bicyclic) bond motifs is 1. The van der Waals surface area contributed by atoms with E-state index in [1.165, 1.54) is 6.07 Å². The Morgan fingerprint density at radius 3 is 2.52 bits per heavy atom. The van der Waals surface area contributed by atoms with Crippen molar-refractivity contribution in [2.75, 3.05) is 0 Å². The van der Waals surface area contributed by atoms with E-state index in [-0.39, 0.29) is 18.0 Å². The fourth-order valence-corrected chi connectivity index (χ4v) is 3.95. The quantitative estimate of drug-likeness (QED) is 0.521. The third-order valence-electron chi connectivity index (χ3n) is 5.77. The number of pyridine rings is 1. The van der Waals surface area contributed by atoms with E-state index < -0.39 is 17.8 Å². The van der Waals surface area contributed by atoms with Crippen LogP contribution in [0.1, 0.15) is 72.9 Å². The summed E-state index contributed by atoms with van der Waals surface area (Å²) < 4.78 is 41.4. The largest absolute Gasteiger partial charge is 0.416 e. The molecule has 31 heavy (non-hydrogen) atoms. The minimum Gasteiger partial charge on any atom is -0.329 e. The molecule has 0 spiro atoms. The monoisotopic (exact) mass is 430 g/mol. The Balaban J connectivity index is 1.71. The summed E-state index contributed by atoms with van der Waals surface area (Å²) >= 11 is 0. The Bertz CT molecular complexity index is 1130. The van der Waals surface area contributed by atoms with Crippen molar-refractivity contribution in [1.29, 1.82) is 0 Å². The summed E-state index contributed by atoms with van der Waals surface area (Å²) in [7, 11) is 0. The molecule has 5 nitrogen and oxygen atoms in total. The number of carbonyl (C=O) groups is 1. The van der Waals surface area contributed by atoms with Crippen molar-refractivity contribution in [3.05, 3.63) is 58.9 Å². The van der Waals surface area contributed by atoms with Crippen molar-refractivity contribution in [1.82, 2.24) is 19.7 Å². The third-order valence-corrected chi connectivity index (χ3v) is 5.77. The zero-order valence-electron chi connectivity index (χ0n) is 17.9. The van der Waals surface area contributed by atoms with E-state index in [2.05, 4.69) is 10.1 Å². The van der Waals surface area contributed by atoms with Gasteiger partial charge in [0.2, 0.25) is 0 Å². The number of aryl methyl sites for hydroxylation is 1. The number of carbonyl (C=O) groups excluding carboxylic acids is 1. The van der Waals surface area contributed by atoms with E-state index in [1.54, 1.807) is 41.8 Å². The highest BCUT2D eigenvalue weighted by Gasteiger charge is 2.38. The van der Waals surface area contributed by atoms with E-state index in [0.717, 1.165) is 30.4 Å². The zero-order valence-corrected chi connectivity index (χ0v) is 17.9. The van der Waals surface area contributed by atoms with Crippen LogP contribution in [0.4, 0.5) is 13.2 Å². The molecular formula is C23H25F3N4O. The SMILES string of the molecule is Cc1nc2c(cnn2C(C)C)cc1C(=O)N(C1CC1)C(C)c1cccc(C(F)(F)F)c1. The Kier molecular flexibility index (Phi) is 5.27. The predicted octanol–water partition coefficient (Wildman–Crippen LogP) is 5.71. The van der Waals surface area contributed by atoms with Crippen molar-refractivity contribution in [3.8, 4) is 0 Å². The maximum Gasteiger partial charge on any atom is 0.416 e. The van der Waals surface area contributed by atoms with Crippen LogP contribution in [0, 0.1) is 6.92 Å². The molecule has 1 atom stereocenters. The lowest BCUT2D eigenvalue weighted by molar-refractivity contribution is -0.137. The molecular weight excluding hydrogens is 405 g/mol. The Hall–Kier alpha value is -2.90. The van der Waals surface area contributed by atoms with E-state index >= 15 is 0 Å². The van der Waals surface area contributed by atoms with Crippen molar-refractivity contribution in [2.24, 2.45) is 0 Å². The number of hydrogen-bond donors (Lipinski definition) is 0. The van der Waals surface area contributed by atoms with Crippen molar-refractivity contribution in [3.63, 3.8) is 0 Å². The van der Waals surface area contributed by atoms with Gasteiger partial charge in [0.15, 0.2) is 5.65 Å².